The lowest BCUT2D eigenvalue weighted by Crippen LogP contribution is -2.35. The van der Waals surface area contributed by atoms with E-state index in [1.165, 1.54) is 11.1 Å². The first-order valence-corrected chi connectivity index (χ1v) is 7.46. The van der Waals surface area contributed by atoms with Gasteiger partial charge in [0.15, 0.2) is 5.78 Å². The van der Waals surface area contributed by atoms with Crippen molar-refractivity contribution in [2.24, 2.45) is 0 Å². The molecule has 2 aromatic carbocycles. The van der Waals surface area contributed by atoms with Crippen LogP contribution < -0.4 is 4.57 Å². The summed E-state index contributed by atoms with van der Waals surface area (Å²) in [5.41, 5.74) is 2.36. The number of ketones is 1. The van der Waals surface area contributed by atoms with Gasteiger partial charge in [0.05, 0.1) is 0 Å². The zero-order chi connectivity index (χ0) is 15.2. The average molecular weight is 291 g/mol. The van der Waals surface area contributed by atoms with E-state index in [0.29, 0.717) is 13.0 Å². The fourth-order valence-corrected chi connectivity index (χ4v) is 2.71. The standard InChI is InChI=1S/C19H18N2O/c22-18(14-21-12-11-20-15-21)13-19(16-7-3-1-4-8-16)17-9-5-2-6-10-17/h1-12,15,19H,13-14H2/p+1. The Labute approximate surface area is 130 Å². The highest BCUT2D eigenvalue weighted by Gasteiger charge is 2.19. The number of carbonyl (C=O) groups is 1. The first-order valence-electron chi connectivity index (χ1n) is 7.46. The molecular weight excluding hydrogens is 272 g/mol. The van der Waals surface area contributed by atoms with Crippen LogP contribution >= 0.6 is 0 Å². The number of hydrogen-bond donors (Lipinski definition) is 1. The molecular formula is C19H19N2O+. The molecule has 1 aromatic heterocycles. The summed E-state index contributed by atoms with van der Waals surface area (Å²) in [7, 11) is 0. The lowest BCUT2D eigenvalue weighted by atomic mass is 9.87. The van der Waals surface area contributed by atoms with E-state index >= 15 is 0 Å². The third-order valence-electron chi connectivity index (χ3n) is 3.80. The second-order valence-corrected chi connectivity index (χ2v) is 5.40. The zero-order valence-corrected chi connectivity index (χ0v) is 12.4. The molecule has 0 spiro atoms. The number of imidazole rings is 1. The van der Waals surface area contributed by atoms with Gasteiger partial charge in [0.25, 0.3) is 0 Å². The number of nitrogens with zero attached hydrogens (tertiary/aromatic N) is 1. The van der Waals surface area contributed by atoms with E-state index < -0.39 is 0 Å². The summed E-state index contributed by atoms with van der Waals surface area (Å²) in [5, 5.41) is 0. The predicted molar refractivity (Wildman–Crippen MR) is 85.3 cm³/mol. The molecule has 0 fully saturated rings. The van der Waals surface area contributed by atoms with Crippen LogP contribution in [0, 0.1) is 0 Å². The van der Waals surface area contributed by atoms with Gasteiger partial charge >= 0.3 is 0 Å². The van der Waals surface area contributed by atoms with Crippen molar-refractivity contribution in [1.29, 1.82) is 0 Å². The number of H-pyrrole nitrogens is 1. The van der Waals surface area contributed by atoms with Crippen LogP contribution in [-0.4, -0.2) is 10.8 Å². The molecule has 0 unspecified atom stereocenters. The molecule has 3 nitrogen and oxygen atoms in total. The van der Waals surface area contributed by atoms with Crippen LogP contribution in [0.15, 0.2) is 79.4 Å². The normalized spacial score (nSPS) is 10.8. The van der Waals surface area contributed by atoms with Gasteiger partial charge in [0.1, 0.15) is 18.9 Å². The van der Waals surface area contributed by atoms with Crippen LogP contribution in [0.1, 0.15) is 23.5 Å². The van der Waals surface area contributed by atoms with Gasteiger partial charge in [0.2, 0.25) is 6.33 Å². The third-order valence-corrected chi connectivity index (χ3v) is 3.80. The number of carbonyl (C=O) groups excluding carboxylic acids is 1. The van der Waals surface area contributed by atoms with Crippen LogP contribution in [0.4, 0.5) is 0 Å². The number of Topliss-reactive ketones (excluding diaryl/α,β-unsaturated/α-hetero) is 1. The topological polar surface area (TPSA) is 36.7 Å². The Balaban J connectivity index is 1.81. The molecule has 22 heavy (non-hydrogen) atoms. The minimum Gasteiger partial charge on any atom is -0.295 e. The van der Waals surface area contributed by atoms with Gasteiger partial charge in [-0.25, -0.2) is 4.57 Å². The van der Waals surface area contributed by atoms with Crippen molar-refractivity contribution in [1.82, 2.24) is 4.98 Å². The molecule has 0 radical (unpaired) electrons. The number of aromatic nitrogens is 2. The summed E-state index contributed by atoms with van der Waals surface area (Å²) in [6.07, 6.45) is 6.00. The van der Waals surface area contributed by atoms with Crippen LogP contribution in [0.2, 0.25) is 0 Å². The zero-order valence-electron chi connectivity index (χ0n) is 12.4. The van der Waals surface area contributed by atoms with E-state index in [-0.39, 0.29) is 11.7 Å². The lowest BCUT2D eigenvalue weighted by molar-refractivity contribution is -0.683. The molecule has 0 atom stereocenters. The van der Waals surface area contributed by atoms with Crippen molar-refractivity contribution in [3.8, 4) is 0 Å². The quantitative estimate of drug-likeness (QED) is 0.696. The van der Waals surface area contributed by atoms with Crippen LogP contribution in [0.25, 0.3) is 0 Å². The van der Waals surface area contributed by atoms with Crippen molar-refractivity contribution >= 4 is 5.78 Å². The summed E-state index contributed by atoms with van der Waals surface area (Å²) in [5.74, 6) is 0.330. The molecule has 0 aliphatic heterocycles. The van der Waals surface area contributed by atoms with Gasteiger partial charge in [-0.3, -0.25) is 9.78 Å². The van der Waals surface area contributed by atoms with Crippen molar-refractivity contribution in [3.05, 3.63) is 90.5 Å². The number of benzene rings is 2. The SMILES string of the molecule is O=C(CC(c1ccccc1)c1ccccc1)C[n+]1cc[nH]c1. The monoisotopic (exact) mass is 291 g/mol. The molecule has 1 heterocycles. The summed E-state index contributed by atoms with van der Waals surface area (Å²) in [4.78, 5) is 15.4. The van der Waals surface area contributed by atoms with Gasteiger partial charge < -0.3 is 0 Å². The van der Waals surface area contributed by atoms with Crippen LogP contribution in [-0.2, 0) is 11.3 Å². The molecule has 110 valence electrons. The molecule has 0 aliphatic rings. The molecule has 1 N–H and O–H groups in total. The second-order valence-electron chi connectivity index (χ2n) is 5.40. The van der Waals surface area contributed by atoms with Crippen molar-refractivity contribution in [2.45, 2.75) is 18.9 Å². The number of aromatic amines is 1. The first-order chi connectivity index (χ1) is 10.8. The first kappa shape index (κ1) is 14.3. The Morgan fingerprint density at radius 3 is 2.05 bits per heavy atom. The fraction of sp³-hybridized carbons (Fsp3) is 0.158. The summed E-state index contributed by atoms with van der Waals surface area (Å²) < 4.78 is 1.87. The number of rotatable bonds is 6. The van der Waals surface area contributed by atoms with Crippen LogP contribution in [0.5, 0.6) is 0 Å². The maximum atomic E-state index is 12.4. The molecule has 0 amide bonds. The fourth-order valence-electron chi connectivity index (χ4n) is 2.71. The number of nitrogens with one attached hydrogen (secondary N) is 1. The minimum absolute atomic E-state index is 0.106. The minimum atomic E-state index is 0.106. The largest absolute Gasteiger partial charge is 0.295 e. The van der Waals surface area contributed by atoms with E-state index in [1.807, 2.05) is 53.4 Å². The van der Waals surface area contributed by atoms with Gasteiger partial charge in [0, 0.05) is 12.3 Å². The summed E-state index contributed by atoms with van der Waals surface area (Å²) >= 11 is 0. The van der Waals surface area contributed by atoms with Crippen molar-refractivity contribution < 1.29 is 9.36 Å². The maximum absolute atomic E-state index is 12.4. The van der Waals surface area contributed by atoms with E-state index in [4.69, 9.17) is 0 Å². The van der Waals surface area contributed by atoms with Crippen molar-refractivity contribution in [2.75, 3.05) is 0 Å². The highest BCUT2D eigenvalue weighted by molar-refractivity contribution is 5.78. The Morgan fingerprint density at radius 2 is 1.55 bits per heavy atom. The molecule has 3 aromatic rings. The molecule has 3 heteroatoms. The number of hydrogen-bond acceptors (Lipinski definition) is 1. The summed E-state index contributed by atoms with van der Waals surface area (Å²) in [6.45, 7) is 0.402. The second kappa shape index (κ2) is 6.85. The Bertz CT molecular complexity index is 666. The summed E-state index contributed by atoms with van der Waals surface area (Å²) in [6, 6.07) is 20.5. The molecule has 0 saturated carbocycles. The predicted octanol–water partition coefficient (Wildman–Crippen LogP) is 3.09. The van der Waals surface area contributed by atoms with E-state index in [1.54, 1.807) is 6.33 Å². The molecule has 0 bridgehead atoms. The molecule has 3 rings (SSSR count). The molecule has 0 saturated heterocycles. The lowest BCUT2D eigenvalue weighted by Gasteiger charge is -2.17. The van der Waals surface area contributed by atoms with Gasteiger partial charge in [-0.1, -0.05) is 60.7 Å². The Morgan fingerprint density at radius 1 is 0.955 bits per heavy atom. The van der Waals surface area contributed by atoms with E-state index in [2.05, 4.69) is 29.2 Å². The third kappa shape index (κ3) is 3.50. The van der Waals surface area contributed by atoms with Gasteiger partial charge in [-0.2, -0.15) is 0 Å². The van der Waals surface area contributed by atoms with Gasteiger partial charge in [-0.05, 0) is 11.1 Å². The Kier molecular flexibility index (Phi) is 4.44. The maximum Gasteiger partial charge on any atom is 0.241 e. The highest BCUT2D eigenvalue weighted by atomic mass is 16.1. The highest BCUT2D eigenvalue weighted by Crippen LogP contribution is 2.27. The molecule has 0 aliphatic carbocycles. The van der Waals surface area contributed by atoms with Gasteiger partial charge in [-0.15, -0.1) is 0 Å². The van der Waals surface area contributed by atoms with E-state index in [9.17, 15) is 4.79 Å². The Hall–Kier alpha value is -2.68. The van der Waals surface area contributed by atoms with Crippen LogP contribution in [0.3, 0.4) is 0 Å². The van der Waals surface area contributed by atoms with E-state index in [0.717, 1.165) is 0 Å². The van der Waals surface area contributed by atoms with Crippen molar-refractivity contribution in [3.63, 3.8) is 0 Å². The average Bonchev–Trinajstić information content (AvgIpc) is 3.07. The smallest absolute Gasteiger partial charge is 0.241 e.